The van der Waals surface area contributed by atoms with Crippen LogP contribution in [0.4, 0.5) is 5.95 Å². The van der Waals surface area contributed by atoms with Gasteiger partial charge in [-0.3, -0.25) is 13.9 Å². The van der Waals surface area contributed by atoms with E-state index in [1.807, 2.05) is 0 Å². The summed E-state index contributed by atoms with van der Waals surface area (Å²) < 4.78 is 36.7. The molecular weight excluding hydrogens is 333 g/mol. The highest BCUT2D eigenvalue weighted by molar-refractivity contribution is 7.49. The van der Waals surface area contributed by atoms with Crippen molar-refractivity contribution in [2.45, 2.75) is 24.9 Å². The Balaban J connectivity index is 1.88. The molecule has 4 bridgehead atoms. The third-order valence-corrected chi connectivity index (χ3v) is 5.19. The van der Waals surface area contributed by atoms with E-state index in [-0.39, 0.29) is 36.2 Å². The molecule has 4 atom stereocenters. The number of anilines is 1. The van der Waals surface area contributed by atoms with Crippen LogP contribution in [-0.4, -0.2) is 43.2 Å². The van der Waals surface area contributed by atoms with Gasteiger partial charge in [0.2, 0.25) is 5.95 Å². The molecule has 0 amide bonds. The van der Waals surface area contributed by atoms with E-state index in [1.54, 1.807) is 0 Å². The minimum absolute atomic E-state index is 0.0582. The van der Waals surface area contributed by atoms with E-state index in [0.29, 0.717) is 0 Å². The first kappa shape index (κ1) is 13.3. The quantitative estimate of drug-likeness (QED) is 0.602. The van der Waals surface area contributed by atoms with Crippen molar-refractivity contribution >= 4 is 24.9 Å². The van der Waals surface area contributed by atoms with Gasteiger partial charge in [-0.05, 0) is 0 Å². The molecule has 3 aliphatic rings. The zero-order chi connectivity index (χ0) is 15.9. The molecule has 3 N–H and O–H groups in total. The third kappa shape index (κ3) is 1.60. The van der Waals surface area contributed by atoms with Crippen molar-refractivity contribution in [2.24, 2.45) is 0 Å². The summed E-state index contributed by atoms with van der Waals surface area (Å²) in [5.41, 5.74) is 5.07. The molecule has 0 aliphatic carbocycles. The average molecular weight is 343 g/mol. The van der Waals surface area contributed by atoms with E-state index in [1.165, 1.54) is 4.57 Å². The van der Waals surface area contributed by atoms with Gasteiger partial charge in [-0.2, -0.15) is 9.97 Å². The number of phosphoric acid groups is 1. The van der Waals surface area contributed by atoms with Crippen LogP contribution >= 0.6 is 7.82 Å². The lowest BCUT2D eigenvalue weighted by atomic mass is 10.2. The molecule has 23 heavy (non-hydrogen) atoms. The fraction of sp³-hybridized carbons (Fsp3) is 0.500. The van der Waals surface area contributed by atoms with Crippen LogP contribution in [0.1, 0.15) is 12.6 Å². The molecule has 2 aromatic rings. The normalized spacial score (nSPS) is 34.0. The molecule has 0 radical (unpaired) electrons. The molecule has 2 unspecified atom stereocenters. The van der Waals surface area contributed by atoms with Gasteiger partial charge in [0.1, 0.15) is 6.10 Å². The largest absolute Gasteiger partial charge is 0.609 e. The first-order chi connectivity index (χ1) is 11.0. The number of nitrogens with zero attached hydrogens (tertiary/aromatic N) is 4. The van der Waals surface area contributed by atoms with Crippen molar-refractivity contribution in [1.29, 1.82) is 0 Å². The summed E-state index contributed by atoms with van der Waals surface area (Å²) in [6, 6.07) is -0.148. The number of hydrogen-bond donors (Lipinski definition) is 2. The van der Waals surface area contributed by atoms with Gasteiger partial charge in [0.25, 0.3) is 0 Å². The SMILES string of the molecule is Nc1nc(=O)c2nc3n4c2n1OP(=O)(O3)OC1C[C@@H](CO)O[C@H]14. The molecule has 12 nitrogen and oxygen atoms in total. The van der Waals surface area contributed by atoms with Gasteiger partial charge in [-0.1, -0.05) is 0 Å². The van der Waals surface area contributed by atoms with Crippen LogP contribution < -0.4 is 20.4 Å². The molecule has 122 valence electrons. The van der Waals surface area contributed by atoms with Crippen molar-refractivity contribution in [2.75, 3.05) is 12.3 Å². The molecule has 0 spiro atoms. The fourth-order valence-electron chi connectivity index (χ4n) is 3.01. The van der Waals surface area contributed by atoms with E-state index in [2.05, 4.69) is 9.97 Å². The van der Waals surface area contributed by atoms with E-state index in [0.717, 1.165) is 4.73 Å². The third-order valence-electron chi connectivity index (χ3n) is 3.92. The highest BCUT2D eigenvalue weighted by atomic mass is 31.2. The lowest BCUT2D eigenvalue weighted by molar-refractivity contribution is -0.0467. The van der Waals surface area contributed by atoms with Crippen molar-refractivity contribution in [3.63, 3.8) is 0 Å². The monoisotopic (exact) mass is 343 g/mol. The van der Waals surface area contributed by atoms with Crippen LogP contribution in [0.3, 0.4) is 0 Å². The predicted octanol–water partition coefficient (Wildman–Crippen LogP) is -1.22. The van der Waals surface area contributed by atoms with E-state index >= 15 is 0 Å². The summed E-state index contributed by atoms with van der Waals surface area (Å²) >= 11 is 0. The summed E-state index contributed by atoms with van der Waals surface area (Å²) in [5, 5.41) is 9.30. The summed E-state index contributed by atoms with van der Waals surface area (Å²) in [6.07, 6.45) is -1.73. The van der Waals surface area contributed by atoms with Gasteiger partial charge in [0.05, 0.1) is 12.7 Å². The van der Waals surface area contributed by atoms with Gasteiger partial charge < -0.3 is 20.1 Å². The van der Waals surface area contributed by atoms with Crippen molar-refractivity contribution in [1.82, 2.24) is 19.3 Å². The zero-order valence-electron chi connectivity index (χ0n) is 11.4. The highest BCUT2D eigenvalue weighted by Gasteiger charge is 2.53. The number of fused-ring (bicyclic) bond motifs is 2. The van der Waals surface area contributed by atoms with Gasteiger partial charge >= 0.3 is 19.4 Å². The number of nitrogens with two attached hydrogens (primary N) is 1. The molecule has 1 saturated heterocycles. The molecule has 5 rings (SSSR count). The standard InChI is InChI=1S/C10H10N5O7P/c11-9-13-6(17)5-7-14-8-4(1-3(2-16)19-8)20-23(18,22-15(7)9)21-10(14)12-5/h3-4,8,16H,1-2H2,(H2,11,13,17)/t3-,4?,8+,23?/m0/s1. The Morgan fingerprint density at radius 1 is 1.43 bits per heavy atom. The number of ether oxygens (including phenoxy) is 1. The Hall–Kier alpha value is -2.14. The molecule has 2 aromatic heterocycles. The topological polar surface area (TPSA) is 153 Å². The maximum Gasteiger partial charge on any atom is 0.609 e. The number of aromatic nitrogens is 4. The minimum atomic E-state index is -4.10. The van der Waals surface area contributed by atoms with Crippen LogP contribution in [0.5, 0.6) is 6.01 Å². The first-order valence-corrected chi connectivity index (χ1v) is 8.20. The lowest BCUT2D eigenvalue weighted by Gasteiger charge is -2.23. The Labute approximate surface area is 126 Å². The summed E-state index contributed by atoms with van der Waals surface area (Å²) in [7, 11) is -4.10. The predicted molar refractivity (Wildman–Crippen MR) is 71.5 cm³/mol. The lowest BCUT2D eigenvalue weighted by Crippen LogP contribution is -2.29. The van der Waals surface area contributed by atoms with Crippen LogP contribution in [0, 0.1) is 0 Å². The smallest absolute Gasteiger partial charge is 0.394 e. The number of nitrogen functional groups attached to an aromatic ring is 1. The Morgan fingerprint density at radius 2 is 2.26 bits per heavy atom. The van der Waals surface area contributed by atoms with E-state index in [9.17, 15) is 14.5 Å². The highest BCUT2D eigenvalue weighted by Crippen LogP contribution is 2.57. The van der Waals surface area contributed by atoms with Crippen LogP contribution in [-0.2, 0) is 13.8 Å². The second-order valence-electron chi connectivity index (χ2n) is 5.34. The summed E-state index contributed by atoms with van der Waals surface area (Å²) in [6.45, 7) is -0.235. The molecule has 1 fully saturated rings. The second kappa shape index (κ2) is 4.03. The van der Waals surface area contributed by atoms with E-state index in [4.69, 9.17) is 24.1 Å². The van der Waals surface area contributed by atoms with Crippen molar-refractivity contribution in [3.05, 3.63) is 10.4 Å². The minimum Gasteiger partial charge on any atom is -0.394 e. The zero-order valence-corrected chi connectivity index (χ0v) is 12.3. The van der Waals surface area contributed by atoms with Crippen molar-refractivity contribution < 1.29 is 28.1 Å². The van der Waals surface area contributed by atoms with Crippen LogP contribution in [0.15, 0.2) is 4.79 Å². The molecule has 0 aromatic carbocycles. The number of imidazole rings is 1. The summed E-state index contributed by atoms with van der Waals surface area (Å²) in [5.74, 6) is -0.320. The summed E-state index contributed by atoms with van der Waals surface area (Å²) in [4.78, 5) is 19.6. The molecule has 0 saturated carbocycles. The van der Waals surface area contributed by atoms with Gasteiger partial charge in [0.15, 0.2) is 17.4 Å². The first-order valence-electron chi connectivity index (χ1n) is 6.74. The molecule has 5 heterocycles. The van der Waals surface area contributed by atoms with Crippen LogP contribution in [0.2, 0.25) is 0 Å². The fourth-order valence-corrected chi connectivity index (χ4v) is 4.33. The number of aliphatic hydroxyl groups excluding tert-OH is 1. The Bertz CT molecular complexity index is 953. The van der Waals surface area contributed by atoms with Gasteiger partial charge in [-0.25, -0.2) is 9.13 Å². The maximum absolute atomic E-state index is 12.8. The molecule has 3 aliphatic heterocycles. The van der Waals surface area contributed by atoms with Crippen LogP contribution in [0.25, 0.3) is 11.2 Å². The molecular formula is C10H10N5O7P. The number of hydrogen-bond acceptors (Lipinski definition) is 10. The second-order valence-corrected chi connectivity index (χ2v) is 6.79. The number of aliphatic hydroxyl groups is 1. The van der Waals surface area contributed by atoms with Gasteiger partial charge in [-0.15, -0.1) is 4.73 Å². The van der Waals surface area contributed by atoms with Gasteiger partial charge in [0, 0.05) is 6.42 Å². The number of phosphoric ester groups is 1. The molecule has 13 heteroatoms. The Kier molecular flexibility index (Phi) is 2.33. The maximum atomic E-state index is 12.8. The van der Waals surface area contributed by atoms with E-state index < -0.39 is 31.8 Å². The number of rotatable bonds is 1. The van der Waals surface area contributed by atoms with Crippen molar-refractivity contribution in [3.8, 4) is 6.01 Å². The average Bonchev–Trinajstić information content (AvgIpc) is 2.96. The Morgan fingerprint density at radius 3 is 3.04 bits per heavy atom.